The van der Waals surface area contributed by atoms with Crippen molar-refractivity contribution in [1.29, 1.82) is 0 Å². The molecular formula is C34H59F3O2. The Bertz CT molecular complexity index is 658. The van der Waals surface area contributed by atoms with Crippen molar-refractivity contribution >= 4 is 0 Å². The van der Waals surface area contributed by atoms with Crippen LogP contribution < -0.4 is 0 Å². The van der Waals surface area contributed by atoms with Gasteiger partial charge in [-0.1, -0.05) is 147 Å². The van der Waals surface area contributed by atoms with Crippen LogP contribution in [0.3, 0.4) is 0 Å². The maximum absolute atomic E-state index is 12.1. The van der Waals surface area contributed by atoms with Gasteiger partial charge in [-0.2, -0.15) is 13.2 Å². The summed E-state index contributed by atoms with van der Waals surface area (Å²) in [6.07, 6.45) is 15.8. The monoisotopic (exact) mass is 556 g/mol. The van der Waals surface area contributed by atoms with Gasteiger partial charge in [-0.15, -0.1) is 0 Å². The molecule has 0 heterocycles. The van der Waals surface area contributed by atoms with Crippen molar-refractivity contribution in [2.24, 2.45) is 5.41 Å². The molecule has 0 aliphatic carbocycles. The van der Waals surface area contributed by atoms with E-state index in [1.807, 2.05) is 6.07 Å². The molecule has 0 aromatic heterocycles. The molecule has 228 valence electrons. The molecule has 0 saturated heterocycles. The third-order valence-electron chi connectivity index (χ3n) is 8.31. The lowest BCUT2D eigenvalue weighted by Crippen LogP contribution is -2.28. The maximum Gasteiger partial charge on any atom is 0.389 e. The van der Waals surface area contributed by atoms with E-state index in [0.717, 1.165) is 45.1 Å². The molecule has 0 aliphatic heterocycles. The highest BCUT2D eigenvalue weighted by atomic mass is 19.4. The van der Waals surface area contributed by atoms with E-state index in [1.165, 1.54) is 69.8 Å². The summed E-state index contributed by atoms with van der Waals surface area (Å²) >= 11 is 0. The van der Waals surface area contributed by atoms with Gasteiger partial charge in [-0.25, -0.2) is 0 Å². The first-order valence-electron chi connectivity index (χ1n) is 16.1. The van der Waals surface area contributed by atoms with Crippen LogP contribution in [-0.2, 0) is 16.1 Å². The SMILES string of the molecule is CCC(C)(CC)CC(COCCCCCCCCCCCCCCCCCC(F)(F)F)OCc1ccccc1. The number of unbranched alkanes of at least 4 members (excludes halogenated alkanes) is 14. The second-order valence-electron chi connectivity index (χ2n) is 11.9. The van der Waals surface area contributed by atoms with E-state index in [4.69, 9.17) is 9.47 Å². The average molecular weight is 557 g/mol. The quantitative estimate of drug-likeness (QED) is 0.106. The molecule has 0 aliphatic rings. The molecule has 1 aromatic rings. The summed E-state index contributed by atoms with van der Waals surface area (Å²) in [4.78, 5) is 0. The standard InChI is InChI=1S/C34H59F3O2/c1-4-33(3,5-2)28-32(39-29-31-24-20-19-21-25-31)30-38-27-23-18-16-14-12-10-8-6-7-9-11-13-15-17-22-26-34(35,36)37/h19-21,24-25,32H,4-18,22-23,26-30H2,1-3H3. The zero-order valence-corrected chi connectivity index (χ0v) is 25.5. The van der Waals surface area contributed by atoms with Crippen molar-refractivity contribution in [2.75, 3.05) is 13.2 Å². The molecule has 1 rings (SSSR count). The third kappa shape index (κ3) is 21.4. The van der Waals surface area contributed by atoms with Crippen LogP contribution in [0, 0.1) is 5.41 Å². The maximum atomic E-state index is 12.1. The molecule has 1 atom stereocenters. The average Bonchev–Trinajstić information content (AvgIpc) is 2.92. The first-order valence-corrected chi connectivity index (χ1v) is 16.1. The Hall–Kier alpha value is -1.07. The molecule has 2 nitrogen and oxygen atoms in total. The molecule has 0 N–H and O–H groups in total. The van der Waals surface area contributed by atoms with Crippen molar-refractivity contribution in [3.05, 3.63) is 35.9 Å². The number of alkyl halides is 3. The highest BCUT2D eigenvalue weighted by Crippen LogP contribution is 2.32. The van der Waals surface area contributed by atoms with E-state index in [2.05, 4.69) is 45.0 Å². The van der Waals surface area contributed by atoms with Crippen molar-refractivity contribution in [3.8, 4) is 0 Å². The van der Waals surface area contributed by atoms with Crippen LogP contribution >= 0.6 is 0 Å². The zero-order valence-electron chi connectivity index (χ0n) is 25.5. The Morgan fingerprint density at radius 3 is 1.59 bits per heavy atom. The summed E-state index contributed by atoms with van der Waals surface area (Å²) in [5.41, 5.74) is 1.51. The van der Waals surface area contributed by atoms with Gasteiger partial charge in [0.05, 0.1) is 19.3 Å². The van der Waals surface area contributed by atoms with Crippen molar-refractivity contribution < 1.29 is 22.6 Å². The van der Waals surface area contributed by atoms with Crippen LogP contribution in [-0.4, -0.2) is 25.5 Å². The summed E-state index contributed by atoms with van der Waals surface area (Å²) < 4.78 is 48.7. The normalized spacial score (nSPS) is 13.2. The van der Waals surface area contributed by atoms with E-state index in [9.17, 15) is 13.2 Å². The third-order valence-corrected chi connectivity index (χ3v) is 8.31. The smallest absolute Gasteiger partial charge is 0.379 e. The second kappa shape index (κ2) is 22.6. The largest absolute Gasteiger partial charge is 0.389 e. The zero-order chi connectivity index (χ0) is 28.7. The van der Waals surface area contributed by atoms with E-state index in [-0.39, 0.29) is 6.10 Å². The molecule has 0 fully saturated rings. The molecule has 0 bridgehead atoms. The molecule has 0 amide bonds. The predicted molar refractivity (Wildman–Crippen MR) is 159 cm³/mol. The molecule has 39 heavy (non-hydrogen) atoms. The summed E-state index contributed by atoms with van der Waals surface area (Å²) in [5, 5.41) is 0. The summed E-state index contributed by atoms with van der Waals surface area (Å²) in [7, 11) is 0. The van der Waals surface area contributed by atoms with Gasteiger partial charge in [0.1, 0.15) is 0 Å². The number of halogens is 3. The molecule has 0 spiro atoms. The van der Waals surface area contributed by atoms with Gasteiger partial charge in [0.2, 0.25) is 0 Å². The number of rotatable bonds is 26. The van der Waals surface area contributed by atoms with Crippen molar-refractivity contribution in [1.82, 2.24) is 0 Å². The Labute approximate surface area is 238 Å². The lowest BCUT2D eigenvalue weighted by Gasteiger charge is -2.31. The van der Waals surface area contributed by atoms with Gasteiger partial charge in [0, 0.05) is 13.0 Å². The minimum Gasteiger partial charge on any atom is -0.379 e. The fraction of sp³-hybridized carbons (Fsp3) is 0.824. The van der Waals surface area contributed by atoms with Crippen LogP contribution in [0.2, 0.25) is 0 Å². The first kappa shape index (κ1) is 36.0. The van der Waals surface area contributed by atoms with Gasteiger partial charge in [-0.3, -0.25) is 0 Å². The van der Waals surface area contributed by atoms with Crippen LogP contribution in [0.1, 0.15) is 148 Å². The van der Waals surface area contributed by atoms with Gasteiger partial charge < -0.3 is 9.47 Å². The minimum absolute atomic E-state index is 0.137. The predicted octanol–water partition coefficient (Wildman–Crippen LogP) is 11.6. The number of hydrogen-bond acceptors (Lipinski definition) is 2. The van der Waals surface area contributed by atoms with Crippen molar-refractivity contribution in [2.45, 2.75) is 162 Å². The lowest BCUT2D eigenvalue weighted by molar-refractivity contribution is -0.135. The second-order valence-corrected chi connectivity index (χ2v) is 11.9. The number of ether oxygens (including phenoxy) is 2. The molecule has 5 heteroatoms. The van der Waals surface area contributed by atoms with Crippen LogP contribution in [0.5, 0.6) is 0 Å². The van der Waals surface area contributed by atoms with Crippen LogP contribution in [0.25, 0.3) is 0 Å². The molecular weight excluding hydrogens is 497 g/mol. The summed E-state index contributed by atoms with van der Waals surface area (Å²) in [6.45, 7) is 9.06. The van der Waals surface area contributed by atoms with E-state index < -0.39 is 12.6 Å². The molecule has 0 saturated carbocycles. The van der Waals surface area contributed by atoms with E-state index in [0.29, 0.717) is 31.5 Å². The van der Waals surface area contributed by atoms with Crippen LogP contribution in [0.4, 0.5) is 13.2 Å². The summed E-state index contributed by atoms with van der Waals surface area (Å²) in [6, 6.07) is 10.4. The van der Waals surface area contributed by atoms with Gasteiger partial charge in [0.15, 0.2) is 0 Å². The minimum atomic E-state index is -3.98. The van der Waals surface area contributed by atoms with Crippen LogP contribution in [0.15, 0.2) is 30.3 Å². The topological polar surface area (TPSA) is 18.5 Å². The first-order chi connectivity index (χ1) is 18.8. The number of benzene rings is 1. The molecule has 0 radical (unpaired) electrons. The fourth-order valence-electron chi connectivity index (χ4n) is 5.09. The van der Waals surface area contributed by atoms with Gasteiger partial charge >= 0.3 is 6.18 Å². The fourth-order valence-corrected chi connectivity index (χ4v) is 5.09. The molecule has 1 unspecified atom stereocenters. The van der Waals surface area contributed by atoms with E-state index in [1.54, 1.807) is 0 Å². The Morgan fingerprint density at radius 2 is 1.13 bits per heavy atom. The van der Waals surface area contributed by atoms with Crippen molar-refractivity contribution in [3.63, 3.8) is 0 Å². The highest BCUT2D eigenvalue weighted by Gasteiger charge is 2.26. The lowest BCUT2D eigenvalue weighted by atomic mass is 9.79. The Balaban J connectivity index is 1.98. The number of hydrogen-bond donors (Lipinski definition) is 0. The van der Waals surface area contributed by atoms with E-state index >= 15 is 0 Å². The highest BCUT2D eigenvalue weighted by molar-refractivity contribution is 5.13. The Morgan fingerprint density at radius 1 is 0.667 bits per heavy atom. The molecule has 1 aromatic carbocycles. The van der Waals surface area contributed by atoms with Gasteiger partial charge in [0.25, 0.3) is 0 Å². The Kier molecular flexibility index (Phi) is 20.8. The summed E-state index contributed by atoms with van der Waals surface area (Å²) in [5.74, 6) is 0. The van der Waals surface area contributed by atoms with Gasteiger partial charge in [-0.05, 0) is 30.2 Å².